The van der Waals surface area contributed by atoms with Crippen molar-refractivity contribution in [2.45, 2.75) is 160 Å². The van der Waals surface area contributed by atoms with Crippen molar-refractivity contribution in [1.29, 1.82) is 0 Å². The second-order valence-electron chi connectivity index (χ2n) is 13.6. The summed E-state index contributed by atoms with van der Waals surface area (Å²) in [7, 11) is -1.00. The molecular weight excluding hydrogens is 546 g/mol. The van der Waals surface area contributed by atoms with Crippen LogP contribution in [0.25, 0.3) is 0 Å². The van der Waals surface area contributed by atoms with E-state index in [9.17, 15) is 9.90 Å². The van der Waals surface area contributed by atoms with Gasteiger partial charge in [-0.2, -0.15) is 0 Å². The van der Waals surface area contributed by atoms with Gasteiger partial charge >= 0.3 is 5.97 Å². The van der Waals surface area contributed by atoms with Crippen LogP contribution in [0, 0.1) is 11.8 Å². The van der Waals surface area contributed by atoms with Gasteiger partial charge in [-0.05, 0) is 81.3 Å². The molecule has 2 aliphatic rings. The van der Waals surface area contributed by atoms with Crippen LogP contribution in [0.1, 0.15) is 111 Å². The second kappa shape index (κ2) is 16.8. The van der Waals surface area contributed by atoms with Crippen molar-refractivity contribution in [2.24, 2.45) is 11.8 Å². The minimum absolute atomic E-state index is 0.0173. The molecule has 6 atom stereocenters. The summed E-state index contributed by atoms with van der Waals surface area (Å²) in [6, 6.07) is 0. The number of methoxy groups -OCH3 is 1. The van der Waals surface area contributed by atoms with Gasteiger partial charge in [-0.1, -0.05) is 52.7 Å². The van der Waals surface area contributed by atoms with Crippen LogP contribution in [-0.4, -0.2) is 63.6 Å². The van der Waals surface area contributed by atoms with Crippen molar-refractivity contribution in [3.05, 3.63) is 12.2 Å². The highest BCUT2D eigenvalue weighted by Gasteiger charge is 2.47. The lowest BCUT2D eigenvalue weighted by atomic mass is 9.85. The number of carbonyl (C=O) groups is 1. The molecule has 0 amide bonds. The van der Waals surface area contributed by atoms with Crippen LogP contribution in [0.2, 0.25) is 18.1 Å². The summed E-state index contributed by atoms with van der Waals surface area (Å²) in [5, 5.41) is 10.9. The molecule has 1 N–H and O–H groups in total. The maximum Gasteiger partial charge on any atom is 0.305 e. The molecule has 0 aromatic rings. The Kier molecular flexibility index (Phi) is 14.9. The molecule has 1 saturated carbocycles. The smallest absolute Gasteiger partial charge is 0.305 e. The summed E-state index contributed by atoms with van der Waals surface area (Å²) in [6.07, 6.45) is 9.87. The first-order chi connectivity index (χ1) is 19.2. The number of unbranched alkanes of at least 4 members (excludes halogenated alkanes) is 1. The Morgan fingerprint density at radius 2 is 1.88 bits per heavy atom. The average Bonchev–Trinajstić information content (AvgIpc) is 3.18. The maximum absolute atomic E-state index is 15.4. The minimum atomic E-state index is -2.88. The van der Waals surface area contributed by atoms with E-state index in [-0.39, 0.29) is 48.1 Å². The number of alkyl halides is 2. The lowest BCUT2D eigenvalue weighted by molar-refractivity contribution is -0.196. The van der Waals surface area contributed by atoms with Crippen molar-refractivity contribution in [2.75, 3.05) is 13.7 Å². The number of ether oxygens (including phenoxy) is 3. The molecule has 9 heteroatoms. The Bertz CT molecular complexity index is 794. The van der Waals surface area contributed by atoms with E-state index in [0.29, 0.717) is 51.6 Å². The molecule has 0 aromatic heterocycles. The highest BCUT2D eigenvalue weighted by atomic mass is 28.4. The van der Waals surface area contributed by atoms with E-state index >= 15 is 8.78 Å². The number of rotatable bonds is 17. The normalized spacial score (nSPS) is 26.9. The molecule has 1 aliphatic carbocycles. The number of esters is 1. The molecule has 0 spiro atoms. The van der Waals surface area contributed by atoms with Gasteiger partial charge in [0.1, 0.15) is 6.10 Å². The summed E-state index contributed by atoms with van der Waals surface area (Å²) >= 11 is 0. The predicted molar refractivity (Wildman–Crippen MR) is 161 cm³/mol. The first-order valence-electron chi connectivity index (χ1n) is 15.9. The van der Waals surface area contributed by atoms with Gasteiger partial charge in [0.2, 0.25) is 0 Å². The summed E-state index contributed by atoms with van der Waals surface area (Å²) in [5.41, 5.74) is 0. The maximum atomic E-state index is 15.4. The van der Waals surface area contributed by atoms with Gasteiger partial charge in [0.15, 0.2) is 14.6 Å². The lowest BCUT2D eigenvalue weighted by Crippen LogP contribution is -2.49. The third-order valence-corrected chi connectivity index (χ3v) is 13.8. The van der Waals surface area contributed by atoms with Gasteiger partial charge in [0.05, 0.1) is 19.3 Å². The number of aliphatic hydroxyl groups is 1. The monoisotopic (exact) mass is 604 g/mol. The number of hydrogen-bond acceptors (Lipinski definition) is 6. The van der Waals surface area contributed by atoms with Crippen molar-refractivity contribution < 1.29 is 37.3 Å². The van der Waals surface area contributed by atoms with Crippen LogP contribution >= 0.6 is 0 Å². The minimum Gasteiger partial charge on any atom is -0.469 e. The van der Waals surface area contributed by atoms with E-state index in [2.05, 4.69) is 32.9 Å². The zero-order valence-corrected chi connectivity index (χ0v) is 27.8. The van der Waals surface area contributed by atoms with Gasteiger partial charge in [-0.25, -0.2) is 8.78 Å². The SMILES string of the molecule is CCCC(F)(F)C(CCC[C@@H]1[C@@H](C/C=C\CCCC(=O)OC)[C@@H](O)C[C@H]1OC1CCCCO1)O[Si](C)(C)C(C)(C)C. The quantitative estimate of drug-likeness (QED) is 0.0781. The Labute approximate surface area is 249 Å². The average molecular weight is 605 g/mol. The van der Waals surface area contributed by atoms with Gasteiger partial charge in [0, 0.05) is 25.9 Å². The third kappa shape index (κ3) is 11.6. The van der Waals surface area contributed by atoms with Crippen molar-refractivity contribution in [1.82, 2.24) is 0 Å². The fourth-order valence-corrected chi connectivity index (χ4v) is 7.17. The Balaban J connectivity index is 2.11. The molecule has 1 saturated heterocycles. The second-order valence-corrected chi connectivity index (χ2v) is 18.3. The third-order valence-electron chi connectivity index (χ3n) is 9.32. The Morgan fingerprint density at radius 1 is 1.15 bits per heavy atom. The fourth-order valence-electron chi connectivity index (χ4n) is 5.81. The van der Waals surface area contributed by atoms with Gasteiger partial charge in [-0.3, -0.25) is 4.79 Å². The van der Waals surface area contributed by atoms with E-state index in [4.69, 9.17) is 18.6 Å². The molecule has 41 heavy (non-hydrogen) atoms. The number of aliphatic hydroxyl groups excluding tert-OH is 1. The molecule has 0 aromatic carbocycles. The summed E-state index contributed by atoms with van der Waals surface area (Å²) in [4.78, 5) is 11.4. The van der Waals surface area contributed by atoms with Crippen LogP contribution in [0.15, 0.2) is 12.2 Å². The van der Waals surface area contributed by atoms with E-state index in [1.54, 1.807) is 6.92 Å². The molecule has 0 bridgehead atoms. The van der Waals surface area contributed by atoms with Crippen LogP contribution in [0.5, 0.6) is 0 Å². The van der Waals surface area contributed by atoms with Crippen LogP contribution in [0.4, 0.5) is 8.78 Å². The summed E-state index contributed by atoms with van der Waals surface area (Å²) in [6.45, 7) is 12.8. The standard InChI is InChI=1S/C32H58F2O6Si/c1-8-21-32(33,34)28(40-41(6,7)31(2,3)4)18-15-17-25-24(16-11-9-10-12-19-29(36)37-5)26(35)23-27(25)39-30-20-13-14-22-38-30/h9,11,24-28,30,35H,8,10,12-23H2,1-7H3/b11-9-/t24-,25-,26+,27-,28?,30?/m1/s1. The fraction of sp³-hybridized carbons (Fsp3) is 0.906. The first kappa shape index (κ1) is 36.3. The van der Waals surface area contributed by atoms with E-state index in [0.717, 1.165) is 25.7 Å². The zero-order valence-electron chi connectivity index (χ0n) is 26.8. The molecule has 2 unspecified atom stereocenters. The van der Waals surface area contributed by atoms with Gasteiger partial charge in [-0.15, -0.1) is 0 Å². The molecule has 1 heterocycles. The number of allylic oxidation sites excluding steroid dienone is 2. The van der Waals surface area contributed by atoms with Crippen LogP contribution in [-0.2, 0) is 23.4 Å². The van der Waals surface area contributed by atoms with Crippen LogP contribution in [0.3, 0.4) is 0 Å². The molecule has 1 aliphatic heterocycles. The van der Waals surface area contributed by atoms with Crippen LogP contribution < -0.4 is 0 Å². The highest BCUT2D eigenvalue weighted by Crippen LogP contribution is 2.44. The lowest BCUT2D eigenvalue weighted by Gasteiger charge is -2.41. The van der Waals surface area contributed by atoms with Gasteiger partial charge < -0.3 is 23.7 Å². The first-order valence-corrected chi connectivity index (χ1v) is 18.8. The molecular formula is C32H58F2O6Si. The largest absolute Gasteiger partial charge is 0.469 e. The van der Waals surface area contributed by atoms with Crippen molar-refractivity contribution in [3.63, 3.8) is 0 Å². The van der Waals surface area contributed by atoms with E-state index < -0.39 is 26.4 Å². The number of hydrogen-bond donors (Lipinski definition) is 1. The molecule has 2 fully saturated rings. The highest BCUT2D eigenvalue weighted by molar-refractivity contribution is 6.74. The Morgan fingerprint density at radius 3 is 2.49 bits per heavy atom. The number of carbonyl (C=O) groups excluding carboxylic acids is 1. The van der Waals surface area contributed by atoms with E-state index in [1.165, 1.54) is 7.11 Å². The van der Waals surface area contributed by atoms with Crippen molar-refractivity contribution in [3.8, 4) is 0 Å². The molecule has 6 nitrogen and oxygen atoms in total. The molecule has 0 radical (unpaired) electrons. The Hall–Kier alpha value is -0.873. The molecule has 2 rings (SSSR count). The zero-order chi connectivity index (χ0) is 30.7. The molecule has 240 valence electrons. The predicted octanol–water partition coefficient (Wildman–Crippen LogP) is 8.18. The topological polar surface area (TPSA) is 74.2 Å². The van der Waals surface area contributed by atoms with Crippen molar-refractivity contribution >= 4 is 14.3 Å². The number of halogens is 2. The van der Waals surface area contributed by atoms with Gasteiger partial charge in [0.25, 0.3) is 5.92 Å². The summed E-state index contributed by atoms with van der Waals surface area (Å²) in [5.74, 6) is -3.06. The van der Waals surface area contributed by atoms with E-state index in [1.807, 2.05) is 13.1 Å². The summed E-state index contributed by atoms with van der Waals surface area (Å²) < 4.78 is 54.0.